The van der Waals surface area contributed by atoms with E-state index in [-0.39, 0.29) is 11.8 Å². The third-order valence-corrected chi connectivity index (χ3v) is 4.18. The summed E-state index contributed by atoms with van der Waals surface area (Å²) in [5, 5.41) is 0. The van der Waals surface area contributed by atoms with Crippen LogP contribution in [0.25, 0.3) is 0 Å². The van der Waals surface area contributed by atoms with Crippen LogP contribution in [-0.2, 0) is 0 Å². The number of rotatable bonds is 6. The van der Waals surface area contributed by atoms with Gasteiger partial charge in [0, 0.05) is 12.1 Å². The average molecular weight is 259 g/mol. The van der Waals surface area contributed by atoms with E-state index < -0.39 is 0 Å². The number of likely N-dealkylation sites (N-methyl/N-ethyl adjacent to an activating group) is 1. The fraction of sp³-hybridized carbons (Fsp3) is 0.588. The van der Waals surface area contributed by atoms with Crippen LogP contribution in [0.4, 0.5) is 0 Å². The van der Waals surface area contributed by atoms with E-state index in [4.69, 9.17) is 0 Å². The monoisotopic (exact) mass is 259 g/mol. The number of aryl methyl sites for hydroxylation is 2. The number of carbonyl (C=O) groups is 1. The Hall–Kier alpha value is -1.15. The van der Waals surface area contributed by atoms with Gasteiger partial charge in [0.15, 0.2) is 5.78 Å². The van der Waals surface area contributed by atoms with E-state index >= 15 is 0 Å². The highest BCUT2D eigenvalue weighted by Gasteiger charge is 2.29. The summed E-state index contributed by atoms with van der Waals surface area (Å²) in [6.45, 7) is 10.3. The van der Waals surface area contributed by atoms with E-state index in [2.05, 4.69) is 24.8 Å². The minimum Gasteiger partial charge on any atom is -0.294 e. The molecule has 0 aliphatic heterocycles. The van der Waals surface area contributed by atoms with Crippen LogP contribution in [0.3, 0.4) is 0 Å². The van der Waals surface area contributed by atoms with Crippen LogP contribution >= 0.6 is 0 Å². The summed E-state index contributed by atoms with van der Waals surface area (Å²) >= 11 is 0. The Labute approximate surface area is 116 Å². The molecule has 0 saturated heterocycles. The Kier molecular flexibility index (Phi) is 4.41. The molecule has 0 bridgehead atoms. The first-order valence-corrected chi connectivity index (χ1v) is 7.38. The molecule has 1 saturated carbocycles. The van der Waals surface area contributed by atoms with Crippen molar-refractivity contribution in [2.24, 2.45) is 5.92 Å². The number of benzene rings is 1. The molecule has 0 radical (unpaired) electrons. The number of carbonyl (C=O) groups excluding carboxylic acids is 1. The number of hydrogen-bond donors (Lipinski definition) is 0. The van der Waals surface area contributed by atoms with Gasteiger partial charge in [-0.05, 0) is 57.7 Å². The normalized spacial score (nSPS) is 16.7. The average Bonchev–Trinajstić information content (AvgIpc) is 3.21. The number of hydrogen-bond acceptors (Lipinski definition) is 2. The zero-order chi connectivity index (χ0) is 14.0. The predicted molar refractivity (Wildman–Crippen MR) is 79.7 cm³/mol. The summed E-state index contributed by atoms with van der Waals surface area (Å²) in [6.07, 6.45) is 2.67. The smallest absolute Gasteiger partial charge is 0.179 e. The number of Topliss-reactive ketones (excluding diaryl/α,β-unsaturated/α-hetero) is 1. The summed E-state index contributed by atoms with van der Waals surface area (Å²) in [4.78, 5) is 15.0. The largest absolute Gasteiger partial charge is 0.294 e. The van der Waals surface area contributed by atoms with Crippen LogP contribution in [-0.4, -0.2) is 29.8 Å². The van der Waals surface area contributed by atoms with Crippen LogP contribution in [0.1, 0.15) is 48.2 Å². The third kappa shape index (κ3) is 3.44. The maximum absolute atomic E-state index is 12.7. The fourth-order valence-electron chi connectivity index (χ4n) is 2.59. The van der Waals surface area contributed by atoms with Gasteiger partial charge >= 0.3 is 0 Å². The summed E-state index contributed by atoms with van der Waals surface area (Å²) in [6, 6.07) is 6.13. The van der Waals surface area contributed by atoms with Gasteiger partial charge in [0.05, 0.1) is 6.04 Å². The topological polar surface area (TPSA) is 20.3 Å². The lowest BCUT2D eigenvalue weighted by Crippen LogP contribution is -2.40. The van der Waals surface area contributed by atoms with Gasteiger partial charge in [-0.3, -0.25) is 9.69 Å². The Morgan fingerprint density at radius 2 is 2.05 bits per heavy atom. The van der Waals surface area contributed by atoms with Gasteiger partial charge in [-0.2, -0.15) is 0 Å². The first-order chi connectivity index (χ1) is 9.02. The maximum atomic E-state index is 12.7. The Bertz CT molecular complexity index is 462. The van der Waals surface area contributed by atoms with Crippen LogP contribution < -0.4 is 0 Å². The molecule has 2 heteroatoms. The summed E-state index contributed by atoms with van der Waals surface area (Å²) in [5.74, 6) is 1.09. The molecular weight excluding hydrogens is 234 g/mol. The molecule has 2 rings (SSSR count). The molecule has 1 aromatic rings. The first-order valence-electron chi connectivity index (χ1n) is 7.38. The van der Waals surface area contributed by atoms with E-state index in [9.17, 15) is 4.79 Å². The third-order valence-electron chi connectivity index (χ3n) is 4.18. The molecule has 0 heterocycles. The van der Waals surface area contributed by atoms with Crippen molar-refractivity contribution in [1.29, 1.82) is 0 Å². The molecule has 1 aliphatic rings. The van der Waals surface area contributed by atoms with Gasteiger partial charge in [-0.15, -0.1) is 0 Å². The van der Waals surface area contributed by atoms with E-state index in [1.165, 1.54) is 12.8 Å². The summed E-state index contributed by atoms with van der Waals surface area (Å²) in [5.41, 5.74) is 3.14. The lowest BCUT2D eigenvalue weighted by atomic mass is 9.97. The van der Waals surface area contributed by atoms with Crippen molar-refractivity contribution in [3.63, 3.8) is 0 Å². The second-order valence-electron chi connectivity index (χ2n) is 5.89. The standard InChI is InChI=1S/C17H25NO/c1-5-18(11-15-8-9-15)14(4)17(19)16-10-12(2)6-7-13(16)3/h6-7,10,14-15H,5,8-9,11H2,1-4H3. The summed E-state index contributed by atoms with van der Waals surface area (Å²) in [7, 11) is 0. The predicted octanol–water partition coefficient (Wildman–Crippen LogP) is 3.61. The zero-order valence-electron chi connectivity index (χ0n) is 12.6. The molecule has 1 fully saturated rings. The van der Waals surface area contributed by atoms with Crippen molar-refractivity contribution >= 4 is 5.78 Å². The molecule has 2 nitrogen and oxygen atoms in total. The molecule has 104 valence electrons. The molecular formula is C17H25NO. The van der Waals surface area contributed by atoms with Crippen molar-refractivity contribution in [2.45, 2.75) is 46.6 Å². The van der Waals surface area contributed by atoms with E-state index in [1.807, 2.05) is 26.0 Å². The van der Waals surface area contributed by atoms with E-state index in [0.717, 1.165) is 35.7 Å². The van der Waals surface area contributed by atoms with Gasteiger partial charge in [-0.1, -0.05) is 24.6 Å². The second kappa shape index (κ2) is 5.87. The van der Waals surface area contributed by atoms with Crippen LogP contribution in [0.5, 0.6) is 0 Å². The minimum absolute atomic E-state index is 0.00824. The summed E-state index contributed by atoms with van der Waals surface area (Å²) < 4.78 is 0. The molecule has 0 N–H and O–H groups in total. The second-order valence-corrected chi connectivity index (χ2v) is 5.89. The Morgan fingerprint density at radius 1 is 1.37 bits per heavy atom. The maximum Gasteiger partial charge on any atom is 0.179 e. The molecule has 19 heavy (non-hydrogen) atoms. The highest BCUT2D eigenvalue weighted by molar-refractivity contribution is 6.01. The van der Waals surface area contributed by atoms with Gasteiger partial charge < -0.3 is 0 Å². The van der Waals surface area contributed by atoms with Crippen LogP contribution in [0.2, 0.25) is 0 Å². The van der Waals surface area contributed by atoms with E-state index in [1.54, 1.807) is 0 Å². The van der Waals surface area contributed by atoms with Crippen molar-refractivity contribution in [3.8, 4) is 0 Å². The fourth-order valence-corrected chi connectivity index (χ4v) is 2.59. The molecule has 0 aromatic heterocycles. The van der Waals surface area contributed by atoms with Crippen LogP contribution in [0, 0.1) is 19.8 Å². The zero-order valence-corrected chi connectivity index (χ0v) is 12.6. The van der Waals surface area contributed by atoms with E-state index in [0.29, 0.717) is 0 Å². The molecule has 1 aromatic carbocycles. The van der Waals surface area contributed by atoms with Gasteiger partial charge in [0.1, 0.15) is 0 Å². The van der Waals surface area contributed by atoms with Crippen molar-refractivity contribution < 1.29 is 4.79 Å². The molecule has 0 spiro atoms. The quantitative estimate of drug-likeness (QED) is 0.727. The highest BCUT2D eigenvalue weighted by Crippen LogP contribution is 2.30. The SMILES string of the molecule is CCN(CC1CC1)C(C)C(=O)c1cc(C)ccc1C. The Balaban J connectivity index is 2.14. The number of nitrogens with zero attached hydrogens (tertiary/aromatic N) is 1. The highest BCUT2D eigenvalue weighted by atomic mass is 16.1. The lowest BCUT2D eigenvalue weighted by Gasteiger charge is -2.27. The molecule has 0 amide bonds. The lowest BCUT2D eigenvalue weighted by molar-refractivity contribution is 0.0838. The molecule has 1 aliphatic carbocycles. The first kappa shape index (κ1) is 14.3. The minimum atomic E-state index is -0.00824. The van der Waals surface area contributed by atoms with Crippen LogP contribution in [0.15, 0.2) is 18.2 Å². The van der Waals surface area contributed by atoms with Gasteiger partial charge in [-0.25, -0.2) is 0 Å². The van der Waals surface area contributed by atoms with Gasteiger partial charge in [0.25, 0.3) is 0 Å². The Morgan fingerprint density at radius 3 is 2.63 bits per heavy atom. The number of ketones is 1. The molecule has 1 unspecified atom stereocenters. The van der Waals surface area contributed by atoms with Gasteiger partial charge in [0.2, 0.25) is 0 Å². The van der Waals surface area contributed by atoms with Crippen molar-refractivity contribution in [3.05, 3.63) is 34.9 Å². The van der Waals surface area contributed by atoms with Crippen molar-refractivity contribution in [1.82, 2.24) is 4.90 Å². The molecule has 1 atom stereocenters. The van der Waals surface area contributed by atoms with Crippen molar-refractivity contribution in [2.75, 3.05) is 13.1 Å².